The number of aromatic amines is 2. The fourth-order valence-electron chi connectivity index (χ4n) is 0.935. The molecule has 0 atom stereocenters. The first-order valence-electron chi connectivity index (χ1n) is 4.60. The Labute approximate surface area is 70.1 Å². The molecule has 0 saturated carbocycles. The minimum Gasteiger partial charge on any atom is -0.339 e. The minimum atomic E-state index is -2.67. The maximum Gasteiger partial charge on any atom is 0.329 e. The molecule has 12 heavy (non-hydrogen) atoms. The molecule has 0 bridgehead atoms. The smallest absolute Gasteiger partial charge is 0.329 e. The zero-order valence-corrected chi connectivity index (χ0v) is 5.79. The number of hydrogen-bond donors (Lipinski definition) is 2. The van der Waals surface area contributed by atoms with Crippen molar-refractivity contribution in [3.8, 4) is 0 Å². The number of hydrogen-bond acceptors (Lipinski definition) is 3. The van der Waals surface area contributed by atoms with Gasteiger partial charge in [0, 0.05) is 11.1 Å². The topological polar surface area (TPSA) is 83.5 Å². The van der Waals surface area contributed by atoms with Crippen LogP contribution in [0.1, 0.15) is 4.11 Å². The van der Waals surface area contributed by atoms with Crippen LogP contribution >= 0.6 is 0 Å². The van der Waals surface area contributed by atoms with E-state index in [0.29, 0.717) is 4.57 Å². The molecule has 6 nitrogen and oxygen atoms in total. The van der Waals surface area contributed by atoms with Gasteiger partial charge >= 0.3 is 5.69 Å². The monoisotopic (exact) mass is 169 g/mol. The van der Waals surface area contributed by atoms with Gasteiger partial charge < -0.3 is 4.98 Å². The number of H-pyrrole nitrogens is 2. The van der Waals surface area contributed by atoms with Gasteiger partial charge in [-0.05, 0) is 0 Å². The second-order valence-corrected chi connectivity index (χ2v) is 2.20. The lowest BCUT2D eigenvalue weighted by Crippen LogP contribution is -2.28. The summed E-state index contributed by atoms with van der Waals surface area (Å²) in [5, 5.41) is 0. The third-order valence-corrected chi connectivity index (χ3v) is 1.48. The van der Waals surface area contributed by atoms with Crippen LogP contribution in [0.2, 0.25) is 0 Å². The average molecular weight is 169 g/mol. The lowest BCUT2D eigenvalue weighted by atomic mass is 10.5. The Bertz CT molecular complexity index is 620. The van der Waals surface area contributed by atoms with Gasteiger partial charge in [-0.2, -0.15) is 0 Å². The molecule has 0 fully saturated rings. The molecule has 0 aliphatic carbocycles. The molecule has 0 aliphatic rings. The van der Waals surface area contributed by atoms with Crippen LogP contribution in [0.3, 0.4) is 0 Å². The van der Waals surface area contributed by atoms with Crippen LogP contribution in [-0.2, 0) is 6.98 Å². The zero-order chi connectivity index (χ0) is 11.2. The fourth-order valence-corrected chi connectivity index (χ4v) is 0.935. The van der Waals surface area contributed by atoms with E-state index in [2.05, 4.69) is 9.97 Å². The van der Waals surface area contributed by atoms with E-state index in [0.717, 1.165) is 6.33 Å². The van der Waals surface area contributed by atoms with Crippen molar-refractivity contribution in [1.29, 1.82) is 0 Å². The normalized spacial score (nSPS) is 15.5. The highest BCUT2D eigenvalue weighted by Crippen LogP contribution is 1.96. The predicted octanol–water partition coefficient (Wildman–Crippen LogP) is -1.05. The maximum absolute atomic E-state index is 11.3. The van der Waals surface area contributed by atoms with Crippen molar-refractivity contribution in [2.45, 2.75) is 0 Å². The summed E-state index contributed by atoms with van der Waals surface area (Å²) in [6, 6.07) is 0. The Kier molecular flexibility index (Phi) is 0.731. The summed E-state index contributed by atoms with van der Waals surface area (Å²) in [7, 11) is 0. The number of rotatable bonds is 0. The number of nitrogens with one attached hydrogen (secondary N) is 2. The summed E-state index contributed by atoms with van der Waals surface area (Å²) >= 11 is 0. The van der Waals surface area contributed by atoms with Crippen molar-refractivity contribution in [3.05, 3.63) is 27.2 Å². The lowest BCUT2D eigenvalue weighted by molar-refractivity contribution is 0.832. The Morgan fingerprint density at radius 1 is 1.67 bits per heavy atom. The van der Waals surface area contributed by atoms with E-state index in [1.807, 2.05) is 4.98 Å². The average Bonchev–Trinajstić information content (AvgIpc) is 2.49. The first-order chi connectivity index (χ1) is 6.91. The van der Waals surface area contributed by atoms with Crippen LogP contribution < -0.4 is 11.2 Å². The second-order valence-electron chi connectivity index (χ2n) is 2.20. The lowest BCUT2D eigenvalue weighted by Gasteiger charge is -1.94. The molecule has 2 N–H and O–H groups in total. The van der Waals surface area contributed by atoms with E-state index in [-0.39, 0.29) is 11.2 Å². The molecular weight excluding hydrogens is 160 g/mol. The summed E-state index contributed by atoms with van der Waals surface area (Å²) in [4.78, 5) is 30.5. The highest BCUT2D eigenvalue weighted by atomic mass is 16.2. The Morgan fingerprint density at radius 3 is 3.25 bits per heavy atom. The van der Waals surface area contributed by atoms with Gasteiger partial charge in [0.25, 0.3) is 5.56 Å². The van der Waals surface area contributed by atoms with E-state index >= 15 is 0 Å². The van der Waals surface area contributed by atoms with Crippen molar-refractivity contribution in [1.82, 2.24) is 19.5 Å². The number of nitrogens with zero attached hydrogens (tertiary/aromatic N) is 2. The highest BCUT2D eigenvalue weighted by Gasteiger charge is 2.04. The van der Waals surface area contributed by atoms with Crippen LogP contribution in [0.5, 0.6) is 0 Å². The quantitative estimate of drug-likeness (QED) is 0.527. The molecule has 62 valence electrons. The largest absolute Gasteiger partial charge is 0.339 e. The first kappa shape index (κ1) is 4.24. The van der Waals surface area contributed by atoms with Gasteiger partial charge in [0.1, 0.15) is 5.52 Å². The van der Waals surface area contributed by atoms with Gasteiger partial charge in [-0.3, -0.25) is 14.3 Å². The molecule has 6 heteroatoms. The molecule has 0 unspecified atom stereocenters. The van der Waals surface area contributed by atoms with Crippen LogP contribution in [0.4, 0.5) is 0 Å². The predicted molar refractivity (Wildman–Crippen MR) is 42.0 cm³/mol. The van der Waals surface area contributed by atoms with E-state index in [4.69, 9.17) is 4.11 Å². The Hall–Kier alpha value is -1.85. The molecular formula is C6H6N4O2. The zero-order valence-electron chi connectivity index (χ0n) is 8.79. The number of fused-ring (bicyclic) bond motifs is 1. The third-order valence-electron chi connectivity index (χ3n) is 1.48. The van der Waals surface area contributed by atoms with Crippen molar-refractivity contribution in [3.63, 3.8) is 0 Å². The van der Waals surface area contributed by atoms with Gasteiger partial charge in [0.2, 0.25) is 0 Å². The van der Waals surface area contributed by atoms with Gasteiger partial charge in [-0.15, -0.1) is 0 Å². The highest BCUT2D eigenvalue weighted by molar-refractivity contribution is 5.68. The van der Waals surface area contributed by atoms with Gasteiger partial charge in [0.15, 0.2) is 5.65 Å². The van der Waals surface area contributed by atoms with Crippen molar-refractivity contribution < 1.29 is 4.11 Å². The molecule has 0 amide bonds. The van der Waals surface area contributed by atoms with Crippen LogP contribution in [0, 0.1) is 0 Å². The van der Waals surface area contributed by atoms with Crippen LogP contribution in [-0.4, -0.2) is 19.5 Å². The Balaban J connectivity index is 3.02. The van der Waals surface area contributed by atoms with E-state index in [1.165, 1.54) is 0 Å². The van der Waals surface area contributed by atoms with Crippen molar-refractivity contribution >= 4 is 11.2 Å². The maximum atomic E-state index is 11.3. The van der Waals surface area contributed by atoms with E-state index in [9.17, 15) is 9.59 Å². The van der Waals surface area contributed by atoms with E-state index < -0.39 is 18.2 Å². The van der Waals surface area contributed by atoms with Crippen LogP contribution in [0.15, 0.2) is 15.9 Å². The molecule has 0 spiro atoms. The summed E-state index contributed by atoms with van der Waals surface area (Å²) in [6.07, 6.45) is 1.15. The second kappa shape index (κ2) is 2.07. The summed E-state index contributed by atoms with van der Waals surface area (Å²) in [6.45, 7) is -2.67. The molecule has 0 aliphatic heterocycles. The van der Waals surface area contributed by atoms with E-state index in [1.54, 1.807) is 0 Å². The van der Waals surface area contributed by atoms with Gasteiger partial charge in [-0.1, -0.05) is 0 Å². The molecule has 0 saturated heterocycles. The third kappa shape index (κ3) is 0.714. The summed E-state index contributed by atoms with van der Waals surface area (Å²) in [5.41, 5.74) is -1.90. The Morgan fingerprint density at radius 2 is 2.50 bits per heavy atom. The number of aryl methyl sites for hydroxylation is 1. The van der Waals surface area contributed by atoms with Crippen LogP contribution in [0.25, 0.3) is 11.2 Å². The van der Waals surface area contributed by atoms with Crippen molar-refractivity contribution in [2.24, 2.45) is 6.98 Å². The van der Waals surface area contributed by atoms with Gasteiger partial charge in [0.05, 0.1) is 6.33 Å². The van der Waals surface area contributed by atoms with Crippen molar-refractivity contribution in [2.75, 3.05) is 0 Å². The number of aromatic nitrogens is 4. The standard InChI is InChI=1S/C6H6N4O2/c1-10-4-3(7-2-8-4)5(11)9-6(10)12/h2H,1H3,(H,7,8)(H,9,11,12)/i1D3. The summed E-state index contributed by atoms with van der Waals surface area (Å²) < 4.78 is 21.8. The van der Waals surface area contributed by atoms with Gasteiger partial charge in [-0.25, -0.2) is 9.78 Å². The molecule has 2 rings (SSSR count). The number of imidazole rings is 1. The molecule has 2 aromatic heterocycles. The first-order valence-corrected chi connectivity index (χ1v) is 3.10. The molecule has 2 heterocycles. The SMILES string of the molecule is [2H]C([2H])([2H])n1c(=O)[nH]c(=O)c2[nH]cnc21. The molecule has 0 aromatic carbocycles. The molecule has 0 radical (unpaired) electrons. The molecule has 2 aromatic rings. The fraction of sp³-hybridized carbons (Fsp3) is 0.167. The minimum absolute atomic E-state index is 0.0364. The summed E-state index contributed by atoms with van der Waals surface area (Å²) in [5.74, 6) is 0.